The molecule has 0 spiro atoms. The van der Waals surface area contributed by atoms with Gasteiger partial charge in [0, 0.05) is 17.2 Å². The third-order valence-corrected chi connectivity index (χ3v) is 6.07. The number of fused-ring (bicyclic) bond motifs is 1. The summed E-state index contributed by atoms with van der Waals surface area (Å²) in [5.74, 6) is 0.0970. The number of allylic oxidation sites excluding steroid dienone is 1. The number of esters is 1. The van der Waals surface area contributed by atoms with Gasteiger partial charge in [0.1, 0.15) is 47.1 Å². The van der Waals surface area contributed by atoms with Gasteiger partial charge in [-0.3, -0.25) is 0 Å². The molecular weight excluding hydrogens is 499 g/mol. The van der Waals surface area contributed by atoms with Crippen LogP contribution in [0.5, 0.6) is 23.0 Å². The summed E-state index contributed by atoms with van der Waals surface area (Å²) >= 11 is 0. The molecule has 1 atom stereocenters. The molecule has 1 heterocycles. The lowest BCUT2D eigenvalue weighted by Crippen LogP contribution is -2.21. The fourth-order valence-electron chi connectivity index (χ4n) is 4.22. The van der Waals surface area contributed by atoms with E-state index in [2.05, 4.69) is 6.07 Å². The van der Waals surface area contributed by atoms with Crippen LogP contribution in [0.2, 0.25) is 0 Å². The van der Waals surface area contributed by atoms with Crippen LogP contribution in [-0.4, -0.2) is 12.6 Å². The first-order valence-electron chi connectivity index (χ1n) is 12.1. The maximum Gasteiger partial charge on any atom is 0.349 e. The molecule has 0 amide bonds. The number of benzene rings is 4. The number of nitrogens with two attached hydrogens (primary N) is 1. The number of ether oxygens (including phenoxy) is 4. The largest absolute Gasteiger partial charge is 0.489 e. The Kier molecular flexibility index (Phi) is 7.41. The fraction of sp³-hybridized carbons (Fsp3) is 0.0968. The molecule has 0 aliphatic carbocycles. The highest BCUT2D eigenvalue weighted by Gasteiger charge is 2.31. The van der Waals surface area contributed by atoms with E-state index in [9.17, 15) is 14.4 Å². The molecule has 39 heavy (non-hydrogen) atoms. The van der Waals surface area contributed by atoms with Crippen molar-refractivity contribution in [3.05, 3.63) is 131 Å². The molecule has 0 saturated carbocycles. The zero-order valence-electron chi connectivity index (χ0n) is 20.7. The summed E-state index contributed by atoms with van der Waals surface area (Å²) in [6, 6.07) is 29.5. The SMILES string of the molecule is N#CC1=C(N)Oc2cc(OC(=O)COc3ccccc3)ccc2C1c1cccc(OCc2ccccc2F)c1. The van der Waals surface area contributed by atoms with Gasteiger partial charge in [-0.1, -0.05) is 54.6 Å². The lowest BCUT2D eigenvalue weighted by molar-refractivity contribution is -0.136. The summed E-state index contributed by atoms with van der Waals surface area (Å²) in [4.78, 5) is 12.3. The number of nitrogens with zero attached hydrogens (tertiary/aromatic N) is 1. The second kappa shape index (κ2) is 11.4. The molecule has 1 unspecified atom stereocenters. The Bertz CT molecular complexity index is 1580. The van der Waals surface area contributed by atoms with Crippen molar-refractivity contribution in [3.8, 4) is 29.1 Å². The number of hydrogen-bond donors (Lipinski definition) is 1. The summed E-state index contributed by atoms with van der Waals surface area (Å²) < 4.78 is 36.4. The number of para-hydroxylation sites is 1. The monoisotopic (exact) mass is 522 g/mol. The Hall–Kier alpha value is -5.29. The molecule has 0 saturated heterocycles. The standard InChI is InChI=1S/C31H23FN2O5/c32-27-12-5-4-7-21(27)18-36-23-11-6-8-20(15-23)30-25-14-13-24(16-28(25)39-31(34)26(30)17-33)38-29(35)19-37-22-9-2-1-3-10-22/h1-16,30H,18-19,34H2. The number of carbonyl (C=O) groups excluding carboxylic acids is 1. The molecule has 8 heteroatoms. The van der Waals surface area contributed by atoms with Crippen molar-refractivity contribution in [3.63, 3.8) is 0 Å². The van der Waals surface area contributed by atoms with Crippen molar-refractivity contribution >= 4 is 5.97 Å². The van der Waals surface area contributed by atoms with Crippen LogP contribution in [0.3, 0.4) is 0 Å². The molecular formula is C31H23FN2O5. The Morgan fingerprint density at radius 3 is 2.46 bits per heavy atom. The highest BCUT2D eigenvalue weighted by atomic mass is 19.1. The van der Waals surface area contributed by atoms with E-state index in [1.807, 2.05) is 12.1 Å². The minimum atomic E-state index is -0.591. The van der Waals surface area contributed by atoms with Gasteiger partial charge < -0.3 is 24.7 Å². The van der Waals surface area contributed by atoms with E-state index < -0.39 is 11.9 Å². The van der Waals surface area contributed by atoms with Gasteiger partial charge in [0.15, 0.2) is 6.61 Å². The summed E-state index contributed by atoms with van der Waals surface area (Å²) in [5, 5.41) is 9.87. The van der Waals surface area contributed by atoms with Crippen molar-refractivity contribution < 1.29 is 28.1 Å². The van der Waals surface area contributed by atoms with E-state index in [4.69, 9.17) is 24.7 Å². The number of hydrogen-bond acceptors (Lipinski definition) is 7. The molecule has 0 fully saturated rings. The molecule has 5 rings (SSSR count). The number of carbonyl (C=O) groups is 1. The molecule has 0 radical (unpaired) electrons. The zero-order valence-corrected chi connectivity index (χ0v) is 20.7. The predicted molar refractivity (Wildman–Crippen MR) is 140 cm³/mol. The average molecular weight is 523 g/mol. The molecule has 1 aliphatic heterocycles. The maximum atomic E-state index is 14.0. The highest BCUT2D eigenvalue weighted by Crippen LogP contribution is 2.44. The molecule has 0 bridgehead atoms. The smallest absolute Gasteiger partial charge is 0.349 e. The van der Waals surface area contributed by atoms with E-state index in [0.717, 1.165) is 5.56 Å². The van der Waals surface area contributed by atoms with Gasteiger partial charge in [-0.15, -0.1) is 0 Å². The Morgan fingerprint density at radius 1 is 0.897 bits per heavy atom. The van der Waals surface area contributed by atoms with Gasteiger partial charge in [0.2, 0.25) is 5.88 Å². The number of rotatable bonds is 8. The second-order valence-electron chi connectivity index (χ2n) is 8.65. The second-order valence-corrected chi connectivity index (χ2v) is 8.65. The van der Waals surface area contributed by atoms with Crippen molar-refractivity contribution in [2.24, 2.45) is 5.73 Å². The van der Waals surface area contributed by atoms with Crippen LogP contribution in [0.1, 0.15) is 22.6 Å². The minimum Gasteiger partial charge on any atom is -0.489 e. The van der Waals surface area contributed by atoms with Crippen LogP contribution >= 0.6 is 0 Å². The van der Waals surface area contributed by atoms with E-state index in [0.29, 0.717) is 28.4 Å². The topological polar surface area (TPSA) is 104 Å². The number of nitriles is 1. The van der Waals surface area contributed by atoms with Crippen LogP contribution in [0.15, 0.2) is 109 Å². The Morgan fingerprint density at radius 2 is 1.67 bits per heavy atom. The van der Waals surface area contributed by atoms with E-state index in [-0.39, 0.29) is 36.2 Å². The number of halogens is 1. The predicted octanol–water partition coefficient (Wildman–Crippen LogP) is 5.61. The molecule has 194 valence electrons. The van der Waals surface area contributed by atoms with Crippen LogP contribution in [0, 0.1) is 17.1 Å². The summed E-state index contributed by atoms with van der Waals surface area (Å²) in [5.41, 5.74) is 8.17. The van der Waals surface area contributed by atoms with Gasteiger partial charge >= 0.3 is 5.97 Å². The first kappa shape index (κ1) is 25.4. The Balaban J connectivity index is 1.35. The van der Waals surface area contributed by atoms with Crippen LogP contribution < -0.4 is 24.7 Å². The van der Waals surface area contributed by atoms with Crippen molar-refractivity contribution in [2.75, 3.05) is 6.61 Å². The molecule has 2 N–H and O–H groups in total. The lowest BCUT2D eigenvalue weighted by atomic mass is 9.83. The molecule has 1 aliphatic rings. The van der Waals surface area contributed by atoms with E-state index in [1.54, 1.807) is 78.9 Å². The van der Waals surface area contributed by atoms with E-state index in [1.165, 1.54) is 6.07 Å². The first-order chi connectivity index (χ1) is 19.0. The van der Waals surface area contributed by atoms with Gasteiger partial charge in [0.05, 0.1) is 5.92 Å². The van der Waals surface area contributed by atoms with Crippen molar-refractivity contribution in [1.29, 1.82) is 5.26 Å². The van der Waals surface area contributed by atoms with Gasteiger partial charge in [0.25, 0.3) is 0 Å². The summed E-state index contributed by atoms with van der Waals surface area (Å²) in [6.45, 7) is -0.225. The van der Waals surface area contributed by atoms with Crippen LogP contribution in [0.25, 0.3) is 0 Å². The quantitative estimate of drug-likeness (QED) is 0.237. The fourth-order valence-corrected chi connectivity index (χ4v) is 4.22. The molecule has 4 aromatic carbocycles. The molecule has 7 nitrogen and oxygen atoms in total. The average Bonchev–Trinajstić information content (AvgIpc) is 2.95. The Labute approximate surface area is 224 Å². The van der Waals surface area contributed by atoms with Crippen molar-refractivity contribution in [2.45, 2.75) is 12.5 Å². The van der Waals surface area contributed by atoms with Gasteiger partial charge in [-0.05, 0) is 42.0 Å². The van der Waals surface area contributed by atoms with Gasteiger partial charge in [-0.25, -0.2) is 9.18 Å². The van der Waals surface area contributed by atoms with Crippen molar-refractivity contribution in [1.82, 2.24) is 0 Å². The first-order valence-corrected chi connectivity index (χ1v) is 12.1. The van der Waals surface area contributed by atoms with Crippen LogP contribution in [-0.2, 0) is 11.4 Å². The minimum absolute atomic E-state index is 0.0479. The lowest BCUT2D eigenvalue weighted by Gasteiger charge is -2.27. The third-order valence-electron chi connectivity index (χ3n) is 6.07. The zero-order chi connectivity index (χ0) is 27.2. The summed E-state index contributed by atoms with van der Waals surface area (Å²) in [7, 11) is 0. The highest BCUT2D eigenvalue weighted by molar-refractivity contribution is 5.74. The summed E-state index contributed by atoms with van der Waals surface area (Å²) in [6.07, 6.45) is 0. The third kappa shape index (κ3) is 5.84. The normalized spacial score (nSPS) is 14.0. The maximum absolute atomic E-state index is 14.0. The molecule has 0 aromatic heterocycles. The van der Waals surface area contributed by atoms with Crippen LogP contribution in [0.4, 0.5) is 4.39 Å². The van der Waals surface area contributed by atoms with Gasteiger partial charge in [-0.2, -0.15) is 5.26 Å². The van der Waals surface area contributed by atoms with E-state index >= 15 is 0 Å². The molecule has 4 aromatic rings.